The largest absolute Gasteiger partial charge is 0.497 e. The first-order valence-electron chi connectivity index (χ1n) is 9.41. The van der Waals surface area contributed by atoms with Crippen LogP contribution in [0.3, 0.4) is 0 Å². The molecule has 1 unspecified atom stereocenters. The topological polar surface area (TPSA) is 104 Å². The SMILES string of the molecule is CCCCCC(C)NC(=O)CSc1nnc(COc2cccc(OC)c2)n1N. The lowest BCUT2D eigenvalue weighted by Crippen LogP contribution is -2.33. The lowest BCUT2D eigenvalue weighted by Gasteiger charge is -2.13. The number of amides is 1. The van der Waals surface area contributed by atoms with Gasteiger partial charge in [-0.15, -0.1) is 10.2 Å². The van der Waals surface area contributed by atoms with Crippen LogP contribution in [-0.2, 0) is 11.4 Å². The van der Waals surface area contributed by atoms with Gasteiger partial charge in [-0.05, 0) is 25.5 Å². The quantitative estimate of drug-likeness (QED) is 0.317. The van der Waals surface area contributed by atoms with Crippen molar-refractivity contribution in [1.29, 1.82) is 0 Å². The van der Waals surface area contributed by atoms with Crippen molar-refractivity contribution >= 4 is 17.7 Å². The van der Waals surface area contributed by atoms with E-state index in [0.717, 1.165) is 12.8 Å². The van der Waals surface area contributed by atoms with Gasteiger partial charge in [-0.2, -0.15) is 0 Å². The smallest absolute Gasteiger partial charge is 0.230 e. The number of hydrogen-bond donors (Lipinski definition) is 2. The van der Waals surface area contributed by atoms with Gasteiger partial charge in [0.05, 0.1) is 12.9 Å². The predicted octanol–water partition coefficient (Wildman–Crippen LogP) is 2.76. The molecular formula is C19H29N5O3S. The van der Waals surface area contributed by atoms with Crippen LogP contribution >= 0.6 is 11.8 Å². The van der Waals surface area contributed by atoms with E-state index in [-0.39, 0.29) is 24.3 Å². The van der Waals surface area contributed by atoms with Crippen LogP contribution in [-0.4, -0.2) is 39.7 Å². The van der Waals surface area contributed by atoms with E-state index < -0.39 is 0 Å². The maximum atomic E-state index is 12.1. The molecule has 1 atom stereocenters. The van der Waals surface area contributed by atoms with Gasteiger partial charge in [-0.1, -0.05) is 44.0 Å². The van der Waals surface area contributed by atoms with Crippen LogP contribution in [0, 0.1) is 0 Å². The first-order valence-corrected chi connectivity index (χ1v) is 10.4. The predicted molar refractivity (Wildman–Crippen MR) is 110 cm³/mol. The third-order valence-electron chi connectivity index (χ3n) is 4.12. The van der Waals surface area contributed by atoms with Gasteiger partial charge >= 0.3 is 0 Å². The second kappa shape index (κ2) is 11.4. The number of carbonyl (C=O) groups excluding carboxylic acids is 1. The summed E-state index contributed by atoms with van der Waals surface area (Å²) < 4.78 is 12.2. The minimum Gasteiger partial charge on any atom is -0.497 e. The number of thioether (sulfide) groups is 1. The zero-order valence-corrected chi connectivity index (χ0v) is 17.5. The van der Waals surface area contributed by atoms with Crippen LogP contribution in [0.2, 0.25) is 0 Å². The van der Waals surface area contributed by atoms with E-state index >= 15 is 0 Å². The van der Waals surface area contributed by atoms with Crippen LogP contribution < -0.4 is 20.6 Å². The van der Waals surface area contributed by atoms with Crippen molar-refractivity contribution in [3.05, 3.63) is 30.1 Å². The minimum absolute atomic E-state index is 0.0359. The Morgan fingerprint density at radius 3 is 2.86 bits per heavy atom. The zero-order chi connectivity index (χ0) is 20.4. The Kier molecular flexibility index (Phi) is 8.93. The molecular weight excluding hydrogens is 378 g/mol. The molecule has 2 aromatic rings. The Labute approximate surface area is 170 Å². The van der Waals surface area contributed by atoms with Gasteiger partial charge in [-0.3, -0.25) is 4.79 Å². The van der Waals surface area contributed by atoms with Crippen molar-refractivity contribution in [2.24, 2.45) is 0 Å². The lowest BCUT2D eigenvalue weighted by molar-refractivity contribution is -0.119. The molecule has 0 saturated heterocycles. The van der Waals surface area contributed by atoms with E-state index in [1.165, 1.54) is 29.3 Å². The second-order valence-corrected chi connectivity index (χ2v) is 7.43. The molecule has 8 nitrogen and oxygen atoms in total. The molecule has 0 saturated carbocycles. The highest BCUT2D eigenvalue weighted by molar-refractivity contribution is 7.99. The van der Waals surface area contributed by atoms with Crippen LogP contribution in [0.4, 0.5) is 0 Å². The van der Waals surface area contributed by atoms with Crippen molar-refractivity contribution < 1.29 is 14.3 Å². The first kappa shape index (κ1) is 21.9. The van der Waals surface area contributed by atoms with E-state index in [2.05, 4.69) is 22.4 Å². The average molecular weight is 408 g/mol. The maximum absolute atomic E-state index is 12.1. The summed E-state index contributed by atoms with van der Waals surface area (Å²) in [6.45, 7) is 4.36. The van der Waals surface area contributed by atoms with Gasteiger partial charge in [0, 0.05) is 12.1 Å². The third-order valence-corrected chi connectivity index (χ3v) is 5.07. The highest BCUT2D eigenvalue weighted by atomic mass is 32.2. The standard InChI is InChI=1S/C19H29N5O3S/c1-4-5-6-8-14(2)21-18(25)13-28-19-23-22-17(24(19)20)12-27-16-10-7-9-15(11-16)26-3/h7,9-11,14H,4-6,8,12-13,20H2,1-3H3,(H,21,25). The number of ether oxygens (including phenoxy) is 2. The summed E-state index contributed by atoms with van der Waals surface area (Å²) in [5.41, 5.74) is 0. The number of nitrogens with two attached hydrogens (primary N) is 1. The van der Waals surface area contributed by atoms with Gasteiger partial charge in [-0.25, -0.2) is 4.68 Å². The summed E-state index contributed by atoms with van der Waals surface area (Å²) in [5.74, 6) is 8.05. The van der Waals surface area contributed by atoms with Crippen LogP contribution in [0.5, 0.6) is 11.5 Å². The van der Waals surface area contributed by atoms with E-state index in [4.69, 9.17) is 15.3 Å². The Balaban J connectivity index is 1.79. The Bertz CT molecular complexity index is 753. The average Bonchev–Trinajstić information content (AvgIpc) is 3.04. The van der Waals surface area contributed by atoms with Gasteiger partial charge in [0.15, 0.2) is 5.82 Å². The number of rotatable bonds is 12. The normalized spacial score (nSPS) is 11.8. The number of unbranched alkanes of at least 4 members (excludes halogenated alkanes) is 2. The Morgan fingerprint density at radius 1 is 1.32 bits per heavy atom. The lowest BCUT2D eigenvalue weighted by atomic mass is 10.1. The van der Waals surface area contributed by atoms with E-state index in [1.54, 1.807) is 13.2 Å². The van der Waals surface area contributed by atoms with E-state index in [9.17, 15) is 4.79 Å². The molecule has 9 heteroatoms. The summed E-state index contributed by atoms with van der Waals surface area (Å²) in [6.07, 6.45) is 4.47. The van der Waals surface area contributed by atoms with Crippen molar-refractivity contribution in [2.75, 3.05) is 18.7 Å². The molecule has 0 fully saturated rings. The van der Waals surface area contributed by atoms with Gasteiger partial charge in [0.1, 0.15) is 18.1 Å². The molecule has 28 heavy (non-hydrogen) atoms. The fourth-order valence-electron chi connectivity index (χ4n) is 2.56. The number of benzene rings is 1. The van der Waals surface area contributed by atoms with Gasteiger partial charge in [0.25, 0.3) is 0 Å². The van der Waals surface area contributed by atoms with Crippen LogP contribution in [0.15, 0.2) is 29.4 Å². The van der Waals surface area contributed by atoms with Gasteiger partial charge in [0.2, 0.25) is 11.1 Å². The van der Waals surface area contributed by atoms with Gasteiger partial charge < -0.3 is 20.6 Å². The minimum atomic E-state index is -0.0359. The second-order valence-electron chi connectivity index (χ2n) is 6.49. The molecule has 0 bridgehead atoms. The summed E-state index contributed by atoms with van der Waals surface area (Å²) in [6, 6.07) is 7.44. The molecule has 0 aliphatic rings. The first-order chi connectivity index (χ1) is 13.5. The molecule has 1 amide bonds. The van der Waals surface area contributed by atoms with Crippen molar-refractivity contribution in [3.8, 4) is 11.5 Å². The highest BCUT2D eigenvalue weighted by Gasteiger charge is 2.14. The van der Waals surface area contributed by atoms with Crippen molar-refractivity contribution in [3.63, 3.8) is 0 Å². The number of methoxy groups -OCH3 is 1. The number of carbonyl (C=O) groups is 1. The molecule has 2 rings (SSSR count). The maximum Gasteiger partial charge on any atom is 0.230 e. The molecule has 154 valence electrons. The van der Waals surface area contributed by atoms with Crippen molar-refractivity contribution in [2.45, 2.75) is 57.3 Å². The number of hydrogen-bond acceptors (Lipinski definition) is 7. The molecule has 1 aromatic carbocycles. The monoisotopic (exact) mass is 407 g/mol. The van der Waals surface area contributed by atoms with Crippen LogP contribution in [0.1, 0.15) is 45.4 Å². The van der Waals surface area contributed by atoms with E-state index in [0.29, 0.717) is 22.5 Å². The highest BCUT2D eigenvalue weighted by Crippen LogP contribution is 2.20. The Hall–Kier alpha value is -2.42. The Morgan fingerprint density at radius 2 is 2.11 bits per heavy atom. The van der Waals surface area contributed by atoms with Crippen LogP contribution in [0.25, 0.3) is 0 Å². The number of aromatic nitrogens is 3. The van der Waals surface area contributed by atoms with Crippen molar-refractivity contribution in [1.82, 2.24) is 20.2 Å². The van der Waals surface area contributed by atoms with E-state index in [1.807, 2.05) is 25.1 Å². The molecule has 1 heterocycles. The number of nitrogens with one attached hydrogen (secondary N) is 1. The number of nitrogen functional groups attached to an aromatic ring is 1. The molecule has 0 aliphatic heterocycles. The summed E-state index contributed by atoms with van der Waals surface area (Å²) >= 11 is 1.25. The fraction of sp³-hybridized carbons (Fsp3) is 0.526. The third kappa shape index (κ3) is 6.95. The molecule has 1 aromatic heterocycles. The number of nitrogens with zero attached hydrogens (tertiary/aromatic N) is 3. The zero-order valence-electron chi connectivity index (χ0n) is 16.7. The summed E-state index contributed by atoms with van der Waals surface area (Å²) in [4.78, 5) is 12.1. The molecule has 0 radical (unpaired) electrons. The molecule has 3 N–H and O–H groups in total. The summed E-state index contributed by atoms with van der Waals surface area (Å²) in [7, 11) is 1.60. The molecule has 0 spiro atoms. The fourth-order valence-corrected chi connectivity index (χ4v) is 3.25. The summed E-state index contributed by atoms with van der Waals surface area (Å²) in [5, 5.41) is 11.5. The molecule has 0 aliphatic carbocycles.